The summed E-state index contributed by atoms with van der Waals surface area (Å²) in [6.07, 6.45) is 0.894. The van der Waals surface area contributed by atoms with E-state index in [0.717, 1.165) is 23.0 Å². The molecule has 4 heteroatoms. The van der Waals surface area contributed by atoms with Crippen LogP contribution in [0.5, 0.6) is 0 Å². The molecule has 1 aromatic carbocycles. The molecule has 1 aromatic heterocycles. The smallest absolute Gasteiger partial charge is 0.152 e. The van der Waals surface area contributed by atoms with Gasteiger partial charge in [-0.3, -0.25) is 4.79 Å². The van der Waals surface area contributed by atoms with E-state index in [9.17, 15) is 4.79 Å². The molecule has 2 aromatic rings. The monoisotopic (exact) mass is 309 g/mol. The molecule has 0 radical (unpaired) electrons. The first-order valence-electron chi connectivity index (χ1n) is 5.19. The summed E-state index contributed by atoms with van der Waals surface area (Å²) in [6, 6.07) is 9.89. The molecule has 0 aliphatic rings. The Morgan fingerprint density at radius 3 is 2.88 bits per heavy atom. The second kappa shape index (κ2) is 5.47. The molecule has 0 aliphatic carbocycles. The Balaban J connectivity index is 2.24. The van der Waals surface area contributed by atoms with Gasteiger partial charge in [0.2, 0.25) is 0 Å². The van der Waals surface area contributed by atoms with E-state index in [2.05, 4.69) is 32.3 Å². The van der Waals surface area contributed by atoms with Crippen molar-refractivity contribution >= 4 is 39.2 Å². The van der Waals surface area contributed by atoms with Gasteiger partial charge in [-0.25, -0.2) is 0 Å². The molecule has 0 atom stereocenters. The van der Waals surface area contributed by atoms with E-state index in [4.69, 9.17) is 0 Å². The number of carbonyl (C=O) groups excluding carboxylic acids is 1. The lowest BCUT2D eigenvalue weighted by Gasteiger charge is -2.20. The summed E-state index contributed by atoms with van der Waals surface area (Å²) in [6.45, 7) is 0.820. The largest absolute Gasteiger partial charge is 0.369 e. The number of benzene rings is 1. The van der Waals surface area contributed by atoms with E-state index in [1.54, 1.807) is 11.3 Å². The molecular formula is C13H12BrNOS. The zero-order valence-corrected chi connectivity index (χ0v) is 11.8. The van der Waals surface area contributed by atoms with Crippen molar-refractivity contribution in [3.63, 3.8) is 0 Å². The molecule has 0 N–H and O–H groups in total. The van der Waals surface area contributed by atoms with Gasteiger partial charge < -0.3 is 4.90 Å². The number of nitrogens with zero attached hydrogens (tertiary/aromatic N) is 1. The number of thiophene rings is 1. The van der Waals surface area contributed by atoms with Gasteiger partial charge in [-0.2, -0.15) is 0 Å². The van der Waals surface area contributed by atoms with Crippen LogP contribution in [0.4, 0.5) is 5.69 Å². The molecule has 2 nitrogen and oxygen atoms in total. The summed E-state index contributed by atoms with van der Waals surface area (Å²) in [4.78, 5) is 14.4. The Hall–Kier alpha value is -1.13. The van der Waals surface area contributed by atoms with Crippen LogP contribution in [0.1, 0.15) is 15.2 Å². The van der Waals surface area contributed by atoms with Crippen LogP contribution < -0.4 is 4.90 Å². The lowest BCUT2D eigenvalue weighted by atomic mass is 10.2. The fourth-order valence-corrected chi connectivity index (χ4v) is 2.82. The molecule has 2 rings (SSSR count). The zero-order chi connectivity index (χ0) is 12.3. The number of rotatable bonds is 4. The van der Waals surface area contributed by atoms with Crippen LogP contribution in [-0.2, 0) is 6.54 Å². The highest BCUT2D eigenvalue weighted by Gasteiger charge is 2.08. The van der Waals surface area contributed by atoms with Gasteiger partial charge in [0, 0.05) is 27.6 Å². The van der Waals surface area contributed by atoms with Gasteiger partial charge in [0.05, 0.1) is 6.54 Å². The van der Waals surface area contributed by atoms with Crippen molar-refractivity contribution in [3.8, 4) is 0 Å². The summed E-state index contributed by atoms with van der Waals surface area (Å²) in [5.74, 6) is 0. The van der Waals surface area contributed by atoms with Crippen molar-refractivity contribution in [2.24, 2.45) is 0 Å². The first kappa shape index (κ1) is 12.3. The van der Waals surface area contributed by atoms with Crippen molar-refractivity contribution < 1.29 is 4.79 Å². The SMILES string of the molecule is CN(Cc1cccs1)c1ccc(Br)cc1C=O. The van der Waals surface area contributed by atoms with E-state index in [1.807, 2.05) is 31.3 Å². The first-order valence-corrected chi connectivity index (χ1v) is 6.86. The summed E-state index contributed by atoms with van der Waals surface area (Å²) in [5.41, 5.74) is 1.66. The Labute approximate surface area is 113 Å². The minimum atomic E-state index is 0.707. The van der Waals surface area contributed by atoms with Crippen LogP contribution in [0.15, 0.2) is 40.2 Å². The number of hydrogen-bond acceptors (Lipinski definition) is 3. The van der Waals surface area contributed by atoms with Crippen LogP contribution in [0.25, 0.3) is 0 Å². The maximum absolute atomic E-state index is 11.0. The second-order valence-corrected chi connectivity index (χ2v) is 5.70. The van der Waals surface area contributed by atoms with Crippen molar-refractivity contribution in [1.29, 1.82) is 0 Å². The van der Waals surface area contributed by atoms with Gasteiger partial charge in [0.25, 0.3) is 0 Å². The van der Waals surface area contributed by atoms with Gasteiger partial charge in [0.15, 0.2) is 6.29 Å². The van der Waals surface area contributed by atoms with E-state index in [0.29, 0.717) is 5.56 Å². The fraction of sp³-hybridized carbons (Fsp3) is 0.154. The summed E-state index contributed by atoms with van der Waals surface area (Å²) < 4.78 is 0.924. The molecule has 0 unspecified atom stereocenters. The van der Waals surface area contributed by atoms with E-state index < -0.39 is 0 Å². The normalized spacial score (nSPS) is 10.2. The number of halogens is 1. The Morgan fingerprint density at radius 2 is 2.24 bits per heavy atom. The number of hydrogen-bond donors (Lipinski definition) is 0. The molecule has 88 valence electrons. The highest BCUT2D eigenvalue weighted by molar-refractivity contribution is 9.10. The quantitative estimate of drug-likeness (QED) is 0.797. The molecule has 0 spiro atoms. The minimum Gasteiger partial charge on any atom is -0.369 e. The average Bonchev–Trinajstić information content (AvgIpc) is 2.81. The lowest BCUT2D eigenvalue weighted by molar-refractivity contribution is 0.112. The molecular weight excluding hydrogens is 298 g/mol. The summed E-state index contributed by atoms with van der Waals surface area (Å²) in [5, 5.41) is 2.06. The predicted molar refractivity (Wildman–Crippen MR) is 76.0 cm³/mol. The van der Waals surface area contributed by atoms with Gasteiger partial charge in [-0.05, 0) is 29.6 Å². The van der Waals surface area contributed by atoms with Gasteiger partial charge in [-0.15, -0.1) is 11.3 Å². The maximum Gasteiger partial charge on any atom is 0.152 e. The third kappa shape index (κ3) is 2.96. The summed E-state index contributed by atoms with van der Waals surface area (Å²) >= 11 is 5.09. The van der Waals surface area contributed by atoms with Crippen LogP contribution in [-0.4, -0.2) is 13.3 Å². The molecule has 0 saturated heterocycles. The van der Waals surface area contributed by atoms with Crippen molar-refractivity contribution in [1.82, 2.24) is 0 Å². The predicted octanol–water partition coefficient (Wildman–Crippen LogP) is 3.96. The van der Waals surface area contributed by atoms with Crippen LogP contribution in [0.2, 0.25) is 0 Å². The van der Waals surface area contributed by atoms with Gasteiger partial charge in [-0.1, -0.05) is 22.0 Å². The number of anilines is 1. The lowest BCUT2D eigenvalue weighted by Crippen LogP contribution is -2.17. The maximum atomic E-state index is 11.0. The highest BCUT2D eigenvalue weighted by Crippen LogP contribution is 2.24. The van der Waals surface area contributed by atoms with Crippen LogP contribution >= 0.6 is 27.3 Å². The Morgan fingerprint density at radius 1 is 1.41 bits per heavy atom. The molecule has 17 heavy (non-hydrogen) atoms. The molecule has 0 bridgehead atoms. The zero-order valence-electron chi connectivity index (χ0n) is 9.39. The average molecular weight is 310 g/mol. The van der Waals surface area contributed by atoms with Gasteiger partial charge >= 0.3 is 0 Å². The molecule has 0 aliphatic heterocycles. The van der Waals surface area contributed by atoms with Crippen molar-refractivity contribution in [2.75, 3.05) is 11.9 Å². The Kier molecular flexibility index (Phi) is 3.97. The molecule has 0 fully saturated rings. The first-order chi connectivity index (χ1) is 8.20. The van der Waals surface area contributed by atoms with Gasteiger partial charge in [0.1, 0.15) is 0 Å². The number of aldehydes is 1. The third-order valence-electron chi connectivity index (χ3n) is 2.50. The van der Waals surface area contributed by atoms with E-state index in [1.165, 1.54) is 4.88 Å². The van der Waals surface area contributed by atoms with Crippen LogP contribution in [0, 0.1) is 0 Å². The van der Waals surface area contributed by atoms with E-state index >= 15 is 0 Å². The van der Waals surface area contributed by atoms with E-state index in [-0.39, 0.29) is 0 Å². The third-order valence-corrected chi connectivity index (χ3v) is 3.86. The topological polar surface area (TPSA) is 20.3 Å². The second-order valence-electron chi connectivity index (χ2n) is 3.76. The fourth-order valence-electron chi connectivity index (χ4n) is 1.69. The minimum absolute atomic E-state index is 0.707. The van der Waals surface area contributed by atoms with Crippen LogP contribution in [0.3, 0.4) is 0 Å². The molecule has 1 heterocycles. The highest BCUT2D eigenvalue weighted by atomic mass is 79.9. The standard InChI is InChI=1S/C13H12BrNOS/c1-15(8-12-3-2-6-17-12)13-5-4-11(14)7-10(13)9-16/h2-7,9H,8H2,1H3. The summed E-state index contributed by atoms with van der Waals surface area (Å²) in [7, 11) is 2.00. The molecule has 0 saturated carbocycles. The number of carbonyl (C=O) groups is 1. The Bertz CT molecular complexity index is 510. The van der Waals surface area contributed by atoms with Crippen molar-refractivity contribution in [3.05, 3.63) is 50.6 Å². The van der Waals surface area contributed by atoms with Crippen molar-refractivity contribution in [2.45, 2.75) is 6.54 Å². The molecule has 0 amide bonds.